The molecule has 0 bridgehead atoms. The predicted molar refractivity (Wildman–Crippen MR) is 78.1 cm³/mol. The van der Waals surface area contributed by atoms with Gasteiger partial charge in [0.25, 0.3) is 0 Å². The van der Waals surface area contributed by atoms with E-state index in [1.165, 1.54) is 0 Å². The highest BCUT2D eigenvalue weighted by Crippen LogP contribution is 2.27. The molecule has 0 atom stereocenters. The zero-order valence-electron chi connectivity index (χ0n) is 11.5. The predicted octanol–water partition coefficient (Wildman–Crippen LogP) is 1.96. The molecule has 3 N–H and O–H groups in total. The normalized spacial score (nSPS) is 10.0. The monoisotopic (exact) mass is 316 g/mol. The van der Waals surface area contributed by atoms with E-state index < -0.39 is 12.0 Å². The van der Waals surface area contributed by atoms with E-state index in [0.29, 0.717) is 29.7 Å². The maximum absolute atomic E-state index is 11.5. The van der Waals surface area contributed by atoms with Gasteiger partial charge in [-0.2, -0.15) is 0 Å². The van der Waals surface area contributed by atoms with Crippen LogP contribution in [0.5, 0.6) is 5.75 Å². The van der Waals surface area contributed by atoms with Gasteiger partial charge in [0.1, 0.15) is 12.4 Å². The van der Waals surface area contributed by atoms with Crippen molar-refractivity contribution < 1.29 is 24.2 Å². The number of carbonyl (C=O) groups excluding carboxylic acids is 1. The van der Waals surface area contributed by atoms with Crippen molar-refractivity contribution in [2.45, 2.75) is 6.42 Å². The largest absolute Gasteiger partial charge is 0.490 e. The average molecular weight is 317 g/mol. The van der Waals surface area contributed by atoms with Gasteiger partial charge in [0.2, 0.25) is 0 Å². The number of carboxylic acids is 1. The van der Waals surface area contributed by atoms with Crippen LogP contribution in [0.15, 0.2) is 18.2 Å². The quantitative estimate of drug-likeness (QED) is 0.637. The highest BCUT2D eigenvalue weighted by molar-refractivity contribution is 6.32. The molecule has 0 fully saturated rings. The van der Waals surface area contributed by atoms with E-state index in [2.05, 4.69) is 10.6 Å². The summed E-state index contributed by atoms with van der Waals surface area (Å²) in [5, 5.41) is 13.8. The average Bonchev–Trinajstić information content (AvgIpc) is 2.41. The van der Waals surface area contributed by atoms with Gasteiger partial charge in [0.15, 0.2) is 0 Å². The molecule has 0 saturated heterocycles. The zero-order valence-corrected chi connectivity index (χ0v) is 12.3. The Morgan fingerprint density at radius 1 is 1.33 bits per heavy atom. The van der Waals surface area contributed by atoms with Gasteiger partial charge >= 0.3 is 12.0 Å². The van der Waals surface area contributed by atoms with Crippen LogP contribution in [0.4, 0.5) is 10.5 Å². The Kier molecular flexibility index (Phi) is 7.34. The minimum atomic E-state index is -0.976. The molecule has 0 aliphatic carbocycles. The number of methoxy groups -OCH3 is 1. The van der Waals surface area contributed by atoms with Crippen LogP contribution in [0.2, 0.25) is 5.02 Å². The number of rotatable bonds is 8. The van der Waals surface area contributed by atoms with Crippen molar-refractivity contribution in [2.75, 3.05) is 32.2 Å². The van der Waals surface area contributed by atoms with Crippen LogP contribution >= 0.6 is 11.6 Å². The van der Waals surface area contributed by atoms with Gasteiger partial charge in [0, 0.05) is 19.3 Å². The Labute approximate surface area is 127 Å². The summed E-state index contributed by atoms with van der Waals surface area (Å²) in [5.41, 5.74) is 0.479. The number of halogens is 1. The first kappa shape index (κ1) is 17.1. The summed E-state index contributed by atoms with van der Waals surface area (Å²) in [6.45, 7) is 0.869. The number of benzene rings is 1. The van der Waals surface area contributed by atoms with Crippen molar-refractivity contribution in [1.82, 2.24) is 5.32 Å². The van der Waals surface area contributed by atoms with Crippen LogP contribution in [-0.4, -0.2) is 44.0 Å². The number of ether oxygens (including phenoxy) is 2. The number of carboxylic acid groups (broad SMARTS) is 1. The lowest BCUT2D eigenvalue weighted by Gasteiger charge is -2.10. The van der Waals surface area contributed by atoms with E-state index in [1.54, 1.807) is 25.3 Å². The number of hydrogen-bond acceptors (Lipinski definition) is 4. The van der Waals surface area contributed by atoms with E-state index >= 15 is 0 Å². The molecule has 0 aliphatic rings. The topological polar surface area (TPSA) is 96.9 Å². The van der Waals surface area contributed by atoms with Gasteiger partial charge in [-0.1, -0.05) is 11.6 Å². The van der Waals surface area contributed by atoms with Crippen LogP contribution in [0, 0.1) is 0 Å². The van der Waals surface area contributed by atoms with Gasteiger partial charge in [-0.25, -0.2) is 4.79 Å². The summed E-state index contributed by atoms with van der Waals surface area (Å²) in [6.07, 6.45) is -0.138. The Morgan fingerprint density at radius 3 is 2.71 bits per heavy atom. The minimum absolute atomic E-state index is 0.0487. The van der Waals surface area contributed by atoms with Crippen LogP contribution in [0.3, 0.4) is 0 Å². The Balaban J connectivity index is 2.47. The Morgan fingerprint density at radius 2 is 2.10 bits per heavy atom. The van der Waals surface area contributed by atoms with Crippen molar-refractivity contribution in [2.24, 2.45) is 0 Å². The molecule has 1 aromatic carbocycles. The molecule has 21 heavy (non-hydrogen) atoms. The third-order valence-corrected chi connectivity index (χ3v) is 2.65. The summed E-state index contributed by atoms with van der Waals surface area (Å²) in [4.78, 5) is 21.8. The molecule has 1 aromatic rings. The number of nitrogens with one attached hydrogen (secondary N) is 2. The third kappa shape index (κ3) is 6.82. The van der Waals surface area contributed by atoms with Crippen molar-refractivity contribution in [3.8, 4) is 5.75 Å². The van der Waals surface area contributed by atoms with Crippen molar-refractivity contribution in [1.29, 1.82) is 0 Å². The van der Waals surface area contributed by atoms with Crippen LogP contribution in [-0.2, 0) is 9.53 Å². The Hall–Kier alpha value is -1.99. The first-order valence-electron chi connectivity index (χ1n) is 6.21. The van der Waals surface area contributed by atoms with E-state index in [1.807, 2.05) is 0 Å². The van der Waals surface area contributed by atoms with Crippen molar-refractivity contribution in [3.05, 3.63) is 23.2 Å². The standard InChI is InChI=1S/C13H17ClN2O5/c1-20-6-7-21-11-3-2-9(8-10(11)14)16-13(19)15-5-4-12(17)18/h2-3,8H,4-7H2,1H3,(H,17,18)(H2,15,16,19). The maximum Gasteiger partial charge on any atom is 0.319 e. The lowest BCUT2D eigenvalue weighted by atomic mass is 10.3. The van der Waals surface area contributed by atoms with E-state index in [4.69, 9.17) is 26.2 Å². The molecule has 0 radical (unpaired) electrons. The summed E-state index contributed by atoms with van der Waals surface area (Å²) >= 11 is 6.02. The number of amides is 2. The minimum Gasteiger partial charge on any atom is -0.490 e. The molecular weight excluding hydrogens is 300 g/mol. The van der Waals surface area contributed by atoms with Gasteiger partial charge in [-0.3, -0.25) is 4.79 Å². The first-order valence-corrected chi connectivity index (χ1v) is 6.58. The smallest absolute Gasteiger partial charge is 0.319 e. The molecule has 0 aromatic heterocycles. The second kappa shape index (κ2) is 9.04. The van der Waals surface area contributed by atoms with E-state index in [-0.39, 0.29) is 13.0 Å². The highest BCUT2D eigenvalue weighted by atomic mass is 35.5. The fraction of sp³-hybridized carbons (Fsp3) is 0.385. The molecule has 116 valence electrons. The maximum atomic E-state index is 11.5. The summed E-state index contributed by atoms with van der Waals surface area (Å²) in [7, 11) is 1.57. The van der Waals surface area contributed by atoms with Gasteiger partial charge in [0.05, 0.1) is 18.1 Å². The van der Waals surface area contributed by atoms with Crippen LogP contribution in [0.1, 0.15) is 6.42 Å². The van der Waals surface area contributed by atoms with Gasteiger partial charge in [-0.15, -0.1) is 0 Å². The third-order valence-electron chi connectivity index (χ3n) is 2.36. The molecule has 0 unspecified atom stereocenters. The fourth-order valence-corrected chi connectivity index (χ4v) is 1.62. The molecule has 0 spiro atoms. The molecule has 0 aliphatic heterocycles. The zero-order chi connectivity index (χ0) is 15.7. The summed E-state index contributed by atoms with van der Waals surface area (Å²) in [5.74, 6) is -0.485. The van der Waals surface area contributed by atoms with Crippen molar-refractivity contribution in [3.63, 3.8) is 0 Å². The van der Waals surface area contributed by atoms with Gasteiger partial charge < -0.3 is 25.2 Å². The number of hydrogen-bond donors (Lipinski definition) is 3. The van der Waals surface area contributed by atoms with E-state index in [9.17, 15) is 9.59 Å². The molecule has 1 rings (SSSR count). The Bertz CT molecular complexity index is 495. The molecule has 7 nitrogen and oxygen atoms in total. The summed E-state index contributed by atoms with van der Waals surface area (Å²) < 4.78 is 10.2. The second-order valence-corrected chi connectivity index (χ2v) is 4.42. The van der Waals surface area contributed by atoms with Crippen molar-refractivity contribution >= 4 is 29.3 Å². The number of aliphatic carboxylic acids is 1. The first-order chi connectivity index (χ1) is 10.0. The molecule has 2 amide bonds. The fourth-order valence-electron chi connectivity index (χ4n) is 1.39. The van der Waals surface area contributed by atoms with Gasteiger partial charge in [-0.05, 0) is 18.2 Å². The molecule has 0 saturated carbocycles. The summed E-state index contributed by atoms with van der Waals surface area (Å²) in [6, 6.07) is 4.30. The molecular formula is C13H17ClN2O5. The lowest BCUT2D eigenvalue weighted by molar-refractivity contribution is -0.136. The van der Waals surface area contributed by atoms with E-state index in [0.717, 1.165) is 0 Å². The highest BCUT2D eigenvalue weighted by Gasteiger charge is 2.06. The number of urea groups is 1. The number of anilines is 1. The second-order valence-electron chi connectivity index (χ2n) is 4.01. The lowest BCUT2D eigenvalue weighted by Crippen LogP contribution is -2.30. The van der Waals surface area contributed by atoms with Crippen LogP contribution < -0.4 is 15.4 Å². The molecule has 0 heterocycles. The number of carbonyl (C=O) groups is 2. The van der Waals surface area contributed by atoms with Crippen LogP contribution in [0.25, 0.3) is 0 Å². The SMILES string of the molecule is COCCOc1ccc(NC(=O)NCCC(=O)O)cc1Cl. The molecule has 8 heteroatoms.